The standard InChI is InChI=1S/C21H26N2OS/c1-22(2)15-16-10-12-17(13-11-16)19-8-6-14-23(19)21(24)18-7-4-5-9-20(18)25-3/h4-5,7,9-13,19H,6,8,14-15H2,1-3H3/t19-/m1/s1. The van der Waals surface area contributed by atoms with Crippen LogP contribution < -0.4 is 0 Å². The lowest BCUT2D eigenvalue weighted by Crippen LogP contribution is -2.31. The number of thioether (sulfide) groups is 1. The normalized spacial score (nSPS) is 17.3. The quantitative estimate of drug-likeness (QED) is 0.741. The molecule has 4 heteroatoms. The fraction of sp³-hybridized carbons (Fsp3) is 0.381. The Morgan fingerprint density at radius 2 is 1.88 bits per heavy atom. The number of nitrogens with zero attached hydrogens (tertiary/aromatic N) is 2. The van der Waals surface area contributed by atoms with Crippen molar-refractivity contribution < 1.29 is 4.79 Å². The molecule has 132 valence electrons. The zero-order valence-corrected chi connectivity index (χ0v) is 16.1. The number of hydrogen-bond donors (Lipinski definition) is 0. The van der Waals surface area contributed by atoms with Crippen molar-refractivity contribution in [2.75, 3.05) is 26.9 Å². The molecule has 1 atom stereocenters. The fourth-order valence-corrected chi connectivity index (χ4v) is 4.13. The lowest BCUT2D eigenvalue weighted by Gasteiger charge is -2.26. The van der Waals surface area contributed by atoms with Gasteiger partial charge in [0.15, 0.2) is 0 Å². The lowest BCUT2D eigenvalue weighted by atomic mass is 10.0. The highest BCUT2D eigenvalue weighted by atomic mass is 32.2. The van der Waals surface area contributed by atoms with E-state index in [0.717, 1.165) is 36.4 Å². The van der Waals surface area contributed by atoms with E-state index in [9.17, 15) is 4.79 Å². The molecule has 0 N–H and O–H groups in total. The molecule has 1 aliphatic heterocycles. The van der Waals surface area contributed by atoms with E-state index < -0.39 is 0 Å². The van der Waals surface area contributed by atoms with Crippen LogP contribution in [0.1, 0.15) is 40.4 Å². The van der Waals surface area contributed by atoms with Crippen LogP contribution in [0.5, 0.6) is 0 Å². The molecule has 1 fully saturated rings. The minimum atomic E-state index is 0.157. The monoisotopic (exact) mass is 354 g/mol. The van der Waals surface area contributed by atoms with E-state index in [2.05, 4.69) is 48.2 Å². The average Bonchev–Trinajstić information content (AvgIpc) is 3.11. The summed E-state index contributed by atoms with van der Waals surface area (Å²) in [5.74, 6) is 0.157. The minimum absolute atomic E-state index is 0.157. The number of benzene rings is 2. The lowest BCUT2D eigenvalue weighted by molar-refractivity contribution is 0.0732. The SMILES string of the molecule is CSc1ccccc1C(=O)N1CCC[C@@H]1c1ccc(CN(C)C)cc1. The molecule has 0 spiro atoms. The first-order chi connectivity index (χ1) is 12.1. The highest BCUT2D eigenvalue weighted by Gasteiger charge is 2.31. The molecule has 0 saturated carbocycles. The summed E-state index contributed by atoms with van der Waals surface area (Å²) < 4.78 is 0. The van der Waals surface area contributed by atoms with Gasteiger partial charge >= 0.3 is 0 Å². The van der Waals surface area contributed by atoms with Crippen molar-refractivity contribution in [3.63, 3.8) is 0 Å². The molecule has 0 aromatic heterocycles. The zero-order valence-electron chi connectivity index (χ0n) is 15.2. The Bertz CT molecular complexity index is 727. The molecule has 1 amide bonds. The molecular weight excluding hydrogens is 328 g/mol. The predicted octanol–water partition coefficient (Wildman–Crippen LogP) is 4.45. The van der Waals surface area contributed by atoms with Gasteiger partial charge in [0.25, 0.3) is 5.91 Å². The number of carbonyl (C=O) groups is 1. The van der Waals surface area contributed by atoms with Crippen molar-refractivity contribution >= 4 is 17.7 Å². The van der Waals surface area contributed by atoms with Crippen molar-refractivity contribution in [1.29, 1.82) is 0 Å². The molecule has 25 heavy (non-hydrogen) atoms. The minimum Gasteiger partial charge on any atom is -0.332 e. The highest BCUT2D eigenvalue weighted by molar-refractivity contribution is 7.98. The van der Waals surface area contributed by atoms with E-state index in [4.69, 9.17) is 0 Å². The van der Waals surface area contributed by atoms with E-state index in [-0.39, 0.29) is 11.9 Å². The van der Waals surface area contributed by atoms with Crippen LogP contribution in [-0.2, 0) is 6.54 Å². The van der Waals surface area contributed by atoms with Gasteiger partial charge in [-0.05, 0) is 56.5 Å². The maximum atomic E-state index is 13.1. The Morgan fingerprint density at radius 1 is 1.16 bits per heavy atom. The molecule has 3 nitrogen and oxygen atoms in total. The second kappa shape index (κ2) is 8.07. The first-order valence-electron chi connectivity index (χ1n) is 8.77. The van der Waals surface area contributed by atoms with Crippen molar-refractivity contribution in [1.82, 2.24) is 9.80 Å². The molecule has 1 aliphatic rings. The fourth-order valence-electron chi connectivity index (χ4n) is 3.54. The Hall–Kier alpha value is -1.78. The average molecular weight is 355 g/mol. The third-order valence-electron chi connectivity index (χ3n) is 4.71. The van der Waals surface area contributed by atoms with Gasteiger partial charge in [0.1, 0.15) is 0 Å². The van der Waals surface area contributed by atoms with Gasteiger partial charge in [-0.3, -0.25) is 4.79 Å². The van der Waals surface area contributed by atoms with Crippen LogP contribution in [0.4, 0.5) is 0 Å². The Morgan fingerprint density at radius 3 is 2.56 bits per heavy atom. The molecule has 0 radical (unpaired) electrons. The predicted molar refractivity (Wildman–Crippen MR) is 105 cm³/mol. The third-order valence-corrected chi connectivity index (χ3v) is 5.51. The Kier molecular flexibility index (Phi) is 5.82. The van der Waals surface area contributed by atoms with Gasteiger partial charge in [-0.1, -0.05) is 36.4 Å². The summed E-state index contributed by atoms with van der Waals surface area (Å²) >= 11 is 1.64. The summed E-state index contributed by atoms with van der Waals surface area (Å²) in [4.78, 5) is 18.4. The summed E-state index contributed by atoms with van der Waals surface area (Å²) in [7, 11) is 4.16. The molecule has 2 aromatic carbocycles. The van der Waals surface area contributed by atoms with Crippen LogP contribution in [0.3, 0.4) is 0 Å². The van der Waals surface area contributed by atoms with E-state index in [1.807, 2.05) is 30.5 Å². The number of rotatable bonds is 5. The first-order valence-corrected chi connectivity index (χ1v) is 10.00. The van der Waals surface area contributed by atoms with Crippen LogP contribution in [0, 0.1) is 0 Å². The van der Waals surface area contributed by atoms with Crippen molar-refractivity contribution in [2.45, 2.75) is 30.3 Å². The highest BCUT2D eigenvalue weighted by Crippen LogP contribution is 2.34. The summed E-state index contributed by atoms with van der Waals surface area (Å²) in [6.45, 7) is 1.78. The third kappa shape index (κ3) is 4.07. The second-order valence-electron chi connectivity index (χ2n) is 6.84. The van der Waals surface area contributed by atoms with Crippen LogP contribution in [-0.4, -0.2) is 42.6 Å². The number of amides is 1. The molecular formula is C21H26N2OS. The Labute approximate surface area is 155 Å². The smallest absolute Gasteiger partial charge is 0.255 e. The van der Waals surface area contributed by atoms with Gasteiger partial charge in [0, 0.05) is 18.0 Å². The maximum absolute atomic E-state index is 13.1. The second-order valence-corrected chi connectivity index (χ2v) is 7.68. The van der Waals surface area contributed by atoms with Crippen molar-refractivity contribution in [3.8, 4) is 0 Å². The van der Waals surface area contributed by atoms with E-state index in [0.29, 0.717) is 0 Å². The van der Waals surface area contributed by atoms with Crippen LogP contribution >= 0.6 is 11.8 Å². The summed E-state index contributed by atoms with van der Waals surface area (Å²) in [5.41, 5.74) is 3.37. The van der Waals surface area contributed by atoms with E-state index >= 15 is 0 Å². The van der Waals surface area contributed by atoms with Crippen molar-refractivity contribution in [2.24, 2.45) is 0 Å². The van der Waals surface area contributed by atoms with Crippen LogP contribution in [0.15, 0.2) is 53.4 Å². The molecule has 0 unspecified atom stereocenters. The summed E-state index contributed by atoms with van der Waals surface area (Å²) in [5, 5.41) is 0. The van der Waals surface area contributed by atoms with Crippen LogP contribution in [0.2, 0.25) is 0 Å². The first kappa shape index (κ1) is 18.0. The largest absolute Gasteiger partial charge is 0.332 e. The number of hydrogen-bond acceptors (Lipinski definition) is 3. The Balaban J connectivity index is 1.81. The number of carbonyl (C=O) groups excluding carboxylic acids is 1. The number of likely N-dealkylation sites (tertiary alicyclic amines) is 1. The van der Waals surface area contributed by atoms with Gasteiger partial charge in [0.05, 0.1) is 11.6 Å². The van der Waals surface area contributed by atoms with Gasteiger partial charge < -0.3 is 9.80 Å². The summed E-state index contributed by atoms with van der Waals surface area (Å²) in [6.07, 6.45) is 4.13. The zero-order chi connectivity index (χ0) is 17.8. The van der Waals surface area contributed by atoms with Crippen molar-refractivity contribution in [3.05, 3.63) is 65.2 Å². The van der Waals surface area contributed by atoms with Gasteiger partial charge in [-0.15, -0.1) is 11.8 Å². The van der Waals surface area contributed by atoms with E-state index in [1.54, 1.807) is 11.8 Å². The summed E-state index contributed by atoms with van der Waals surface area (Å²) in [6, 6.07) is 16.9. The molecule has 0 bridgehead atoms. The molecule has 0 aliphatic carbocycles. The molecule has 2 aromatic rings. The molecule has 3 rings (SSSR count). The van der Waals surface area contributed by atoms with Crippen LogP contribution in [0.25, 0.3) is 0 Å². The molecule has 1 heterocycles. The van der Waals surface area contributed by atoms with Gasteiger partial charge in [-0.2, -0.15) is 0 Å². The molecule has 1 saturated heterocycles. The van der Waals surface area contributed by atoms with E-state index in [1.165, 1.54) is 11.1 Å². The maximum Gasteiger partial charge on any atom is 0.255 e. The van der Waals surface area contributed by atoms with Gasteiger partial charge in [-0.25, -0.2) is 0 Å². The topological polar surface area (TPSA) is 23.6 Å². The van der Waals surface area contributed by atoms with Gasteiger partial charge in [0.2, 0.25) is 0 Å².